The molecule has 0 amide bonds. The number of nitrogens with one attached hydrogen (secondary N) is 2. The molecule has 8 aromatic carbocycles. The number of hydrogen-bond acceptors (Lipinski definition) is 3. The van der Waals surface area contributed by atoms with Crippen LogP contribution in [0.4, 0.5) is 0 Å². The third-order valence-electron chi connectivity index (χ3n) is 12.4. The van der Waals surface area contributed by atoms with Crippen LogP contribution in [0.15, 0.2) is 182 Å². The maximum absolute atomic E-state index is 7.38. The van der Waals surface area contributed by atoms with Gasteiger partial charge in [0.05, 0.1) is 11.0 Å². The van der Waals surface area contributed by atoms with Crippen molar-refractivity contribution >= 4 is 54.5 Å². The molecule has 0 saturated heterocycles. The van der Waals surface area contributed by atoms with Crippen LogP contribution < -0.4 is 16.4 Å². The van der Waals surface area contributed by atoms with Gasteiger partial charge in [0.15, 0.2) is 0 Å². The smallest absolute Gasteiger partial charge is 0.138 e. The highest BCUT2D eigenvalue weighted by atomic mass is 15.3. The van der Waals surface area contributed by atoms with Gasteiger partial charge >= 0.3 is 0 Å². The van der Waals surface area contributed by atoms with Crippen molar-refractivity contribution in [3.8, 4) is 22.3 Å². The molecule has 1 aliphatic heterocycles. The average molecular weight is 735 g/mol. The Kier molecular flexibility index (Phi) is 7.62. The second kappa shape index (κ2) is 12.9. The van der Waals surface area contributed by atoms with Gasteiger partial charge in [-0.3, -0.25) is 11.1 Å². The summed E-state index contributed by atoms with van der Waals surface area (Å²) in [5.41, 5.74) is 21.7. The predicted molar refractivity (Wildman–Crippen MR) is 240 cm³/mol. The molecule has 4 nitrogen and oxygen atoms in total. The number of allylic oxidation sites excluding steroid dienone is 2. The van der Waals surface area contributed by atoms with Crippen molar-refractivity contribution in [1.82, 2.24) is 15.2 Å². The first-order valence-corrected chi connectivity index (χ1v) is 19.9. The minimum atomic E-state index is -0.544. The minimum absolute atomic E-state index is 0.195. The molecule has 0 radical (unpaired) electrons. The Bertz CT molecular complexity index is 3100. The van der Waals surface area contributed by atoms with E-state index in [1.807, 2.05) is 0 Å². The quantitative estimate of drug-likeness (QED) is 0.118. The van der Waals surface area contributed by atoms with Crippen molar-refractivity contribution in [3.05, 3.63) is 204 Å². The highest BCUT2D eigenvalue weighted by Crippen LogP contribution is 2.56. The second-order valence-electron chi connectivity index (χ2n) is 16.0. The highest BCUT2D eigenvalue weighted by Gasteiger charge is 2.39. The molecule has 2 atom stereocenters. The molecule has 4 N–H and O–H groups in total. The van der Waals surface area contributed by atoms with Gasteiger partial charge < -0.3 is 9.88 Å². The van der Waals surface area contributed by atoms with Gasteiger partial charge in [-0.05, 0) is 101 Å². The molecule has 274 valence electrons. The fourth-order valence-electron chi connectivity index (χ4n) is 9.74. The first-order chi connectivity index (χ1) is 28.0. The van der Waals surface area contributed by atoms with Crippen LogP contribution in [0.25, 0.3) is 76.8 Å². The van der Waals surface area contributed by atoms with E-state index in [-0.39, 0.29) is 11.6 Å². The van der Waals surface area contributed by atoms with Crippen LogP contribution in [-0.4, -0.2) is 10.7 Å². The molecule has 9 aromatic rings. The Morgan fingerprint density at radius 3 is 1.84 bits per heavy atom. The Morgan fingerprint density at radius 2 is 1.12 bits per heavy atom. The summed E-state index contributed by atoms with van der Waals surface area (Å²) in [7, 11) is 0. The zero-order valence-corrected chi connectivity index (χ0v) is 32.0. The van der Waals surface area contributed by atoms with Crippen LogP contribution in [0.1, 0.15) is 42.4 Å². The molecule has 57 heavy (non-hydrogen) atoms. The largest absolute Gasteiger partial charge is 0.371 e. The van der Waals surface area contributed by atoms with E-state index in [1.165, 1.54) is 65.7 Å². The van der Waals surface area contributed by atoms with Crippen LogP contribution in [0.3, 0.4) is 0 Å². The lowest BCUT2D eigenvalue weighted by Gasteiger charge is -2.31. The van der Waals surface area contributed by atoms with Crippen LogP contribution in [0.5, 0.6) is 0 Å². The number of dihydropyridines is 1. The van der Waals surface area contributed by atoms with E-state index < -0.39 is 6.29 Å². The van der Waals surface area contributed by atoms with Crippen molar-refractivity contribution in [2.24, 2.45) is 5.73 Å². The van der Waals surface area contributed by atoms with Crippen molar-refractivity contribution in [2.75, 3.05) is 0 Å². The molecule has 11 rings (SSSR count). The number of para-hydroxylation sites is 1. The van der Waals surface area contributed by atoms with Gasteiger partial charge in [0.2, 0.25) is 0 Å². The lowest BCUT2D eigenvalue weighted by Crippen LogP contribution is -2.48. The van der Waals surface area contributed by atoms with Gasteiger partial charge in [0.25, 0.3) is 0 Å². The van der Waals surface area contributed by atoms with Gasteiger partial charge in [-0.2, -0.15) is 0 Å². The fraction of sp³-hybridized carbons (Fsp3) is 0.0943. The standard InChI is InChI=1S/C53H42N4/c1-53(2)46-30-44-40-21-13-14-24-47(40)57(48(44)31-45(46)49-41-22-11-9-19-38(41)39-20-10-12-23-42(39)50(49)53)52(54)56-51-43(36-17-7-4-8-18-36)29-37(32-55-51)35-27-25-34(26-28-35)33-15-5-3-6-16-33/h3-32,51-52,55-56H,54H2,1-2H3. The Balaban J connectivity index is 1.02. The first-order valence-electron chi connectivity index (χ1n) is 19.9. The molecule has 2 heterocycles. The van der Waals surface area contributed by atoms with E-state index in [4.69, 9.17) is 5.73 Å². The van der Waals surface area contributed by atoms with Crippen molar-refractivity contribution in [2.45, 2.75) is 31.7 Å². The average Bonchev–Trinajstić information content (AvgIpc) is 3.71. The van der Waals surface area contributed by atoms with Gasteiger partial charge in [-0.25, -0.2) is 0 Å². The monoisotopic (exact) mass is 734 g/mol. The van der Waals surface area contributed by atoms with E-state index in [0.29, 0.717) is 0 Å². The second-order valence-corrected chi connectivity index (χ2v) is 16.0. The topological polar surface area (TPSA) is 55.0 Å². The Labute approximate surface area is 332 Å². The highest BCUT2D eigenvalue weighted by molar-refractivity contribution is 6.20. The summed E-state index contributed by atoms with van der Waals surface area (Å²) in [5, 5.41) is 15.2. The number of benzene rings is 8. The molecule has 0 bridgehead atoms. The van der Waals surface area contributed by atoms with Gasteiger partial charge in [-0.1, -0.05) is 166 Å². The summed E-state index contributed by atoms with van der Waals surface area (Å²) in [5.74, 6) is 0. The molecule has 2 unspecified atom stereocenters. The fourth-order valence-corrected chi connectivity index (χ4v) is 9.74. The summed E-state index contributed by atoms with van der Waals surface area (Å²) in [6, 6.07) is 61.3. The van der Waals surface area contributed by atoms with E-state index in [0.717, 1.165) is 33.3 Å². The minimum Gasteiger partial charge on any atom is -0.371 e. The van der Waals surface area contributed by atoms with E-state index >= 15 is 0 Å². The molecule has 4 heteroatoms. The summed E-state index contributed by atoms with van der Waals surface area (Å²) in [6.45, 7) is 4.78. The van der Waals surface area contributed by atoms with Gasteiger partial charge in [0, 0.05) is 22.4 Å². The summed E-state index contributed by atoms with van der Waals surface area (Å²) < 4.78 is 2.30. The first kappa shape index (κ1) is 33.6. The molecule has 0 spiro atoms. The molecule has 0 fully saturated rings. The van der Waals surface area contributed by atoms with Crippen LogP contribution in [0, 0.1) is 0 Å². The Morgan fingerprint density at radius 1 is 0.561 bits per heavy atom. The molecule has 1 aliphatic carbocycles. The number of fused-ring (bicyclic) bond motifs is 11. The lowest BCUT2D eigenvalue weighted by molar-refractivity contribution is 0.391. The molecular weight excluding hydrogens is 693 g/mol. The van der Waals surface area contributed by atoms with Crippen molar-refractivity contribution in [1.29, 1.82) is 0 Å². The maximum atomic E-state index is 7.38. The third-order valence-corrected chi connectivity index (χ3v) is 12.4. The van der Waals surface area contributed by atoms with Gasteiger partial charge in [0.1, 0.15) is 12.5 Å². The lowest BCUT2D eigenvalue weighted by atomic mass is 9.79. The van der Waals surface area contributed by atoms with Crippen molar-refractivity contribution in [3.63, 3.8) is 0 Å². The zero-order valence-electron chi connectivity index (χ0n) is 32.0. The number of nitrogens with two attached hydrogens (primary N) is 1. The number of rotatable bonds is 6. The van der Waals surface area contributed by atoms with Crippen LogP contribution in [0.2, 0.25) is 0 Å². The third kappa shape index (κ3) is 5.22. The number of nitrogens with zero attached hydrogens (tertiary/aromatic N) is 1. The maximum Gasteiger partial charge on any atom is 0.138 e. The summed E-state index contributed by atoms with van der Waals surface area (Å²) >= 11 is 0. The molecule has 0 saturated carbocycles. The van der Waals surface area contributed by atoms with Gasteiger partial charge in [-0.15, -0.1) is 0 Å². The molecule has 1 aromatic heterocycles. The summed E-state index contributed by atoms with van der Waals surface area (Å²) in [6.07, 6.45) is 3.62. The zero-order chi connectivity index (χ0) is 38.3. The normalized spacial score (nSPS) is 16.3. The van der Waals surface area contributed by atoms with E-state index in [9.17, 15) is 0 Å². The predicted octanol–water partition coefficient (Wildman–Crippen LogP) is 12.1. The van der Waals surface area contributed by atoms with Crippen LogP contribution in [-0.2, 0) is 5.41 Å². The number of aromatic nitrogens is 1. The Hall–Kier alpha value is -6.72. The van der Waals surface area contributed by atoms with Crippen molar-refractivity contribution < 1.29 is 0 Å². The molecule has 2 aliphatic rings. The number of hydrogen-bond donors (Lipinski definition) is 3. The SMILES string of the molecule is CC1(C)c2cc3c4ccccc4n(C(N)NC4NC=C(c5ccc(-c6ccccc6)cc5)C=C4c4ccccc4)c3cc2-c2c1c1ccccc1c1ccccc21. The van der Waals surface area contributed by atoms with E-state index in [2.05, 4.69) is 211 Å². The van der Waals surface area contributed by atoms with E-state index in [1.54, 1.807) is 0 Å². The molecular formula is C53H42N4. The van der Waals surface area contributed by atoms with Crippen LogP contribution >= 0.6 is 0 Å². The summed E-state index contributed by atoms with van der Waals surface area (Å²) in [4.78, 5) is 0.